The largest absolute Gasteiger partial charge is 0.341 e. The summed E-state index contributed by atoms with van der Waals surface area (Å²) in [6, 6.07) is 10.1. The molecule has 5 nitrogen and oxygen atoms in total. The number of carbonyl (C=O) groups excluding carboxylic acids is 2. The number of carbonyl (C=O) groups is 2. The molecule has 0 aliphatic carbocycles. The van der Waals surface area contributed by atoms with Crippen molar-refractivity contribution in [2.45, 2.75) is 44.6 Å². The highest BCUT2D eigenvalue weighted by atomic mass is 16.2. The van der Waals surface area contributed by atoms with Gasteiger partial charge in [0.05, 0.1) is 6.04 Å². The summed E-state index contributed by atoms with van der Waals surface area (Å²) in [7, 11) is 0. The highest BCUT2D eigenvalue weighted by Gasteiger charge is 2.27. The van der Waals surface area contributed by atoms with E-state index in [0.29, 0.717) is 19.5 Å². The predicted molar refractivity (Wildman–Crippen MR) is 98.2 cm³/mol. The van der Waals surface area contributed by atoms with E-state index in [9.17, 15) is 9.59 Å². The molecule has 2 heterocycles. The van der Waals surface area contributed by atoms with Gasteiger partial charge in [-0.05, 0) is 37.8 Å². The van der Waals surface area contributed by atoms with E-state index in [0.717, 1.165) is 51.7 Å². The van der Waals surface area contributed by atoms with E-state index >= 15 is 0 Å². The van der Waals surface area contributed by atoms with Crippen molar-refractivity contribution in [3.8, 4) is 0 Å². The van der Waals surface area contributed by atoms with Gasteiger partial charge in [0.2, 0.25) is 11.8 Å². The lowest BCUT2D eigenvalue weighted by atomic mass is 10.0. The lowest BCUT2D eigenvalue weighted by molar-refractivity contribution is -0.135. The van der Waals surface area contributed by atoms with Crippen molar-refractivity contribution in [1.82, 2.24) is 15.1 Å². The van der Waals surface area contributed by atoms with Gasteiger partial charge in [-0.3, -0.25) is 9.59 Å². The van der Waals surface area contributed by atoms with Gasteiger partial charge >= 0.3 is 0 Å². The van der Waals surface area contributed by atoms with Crippen molar-refractivity contribution >= 4 is 11.8 Å². The third kappa shape index (κ3) is 5.05. The summed E-state index contributed by atoms with van der Waals surface area (Å²) in [5.41, 5.74) is 1.20. The lowest BCUT2D eigenvalue weighted by Gasteiger charge is -2.29. The molecule has 1 N–H and O–H groups in total. The second-order valence-corrected chi connectivity index (χ2v) is 7.05. The first-order valence-corrected chi connectivity index (χ1v) is 9.58. The molecule has 1 unspecified atom stereocenters. The van der Waals surface area contributed by atoms with Crippen molar-refractivity contribution < 1.29 is 9.59 Å². The number of piperidine rings is 1. The van der Waals surface area contributed by atoms with Gasteiger partial charge in [0.25, 0.3) is 0 Å². The van der Waals surface area contributed by atoms with Gasteiger partial charge in [-0.1, -0.05) is 36.8 Å². The minimum absolute atomic E-state index is 0.0194. The summed E-state index contributed by atoms with van der Waals surface area (Å²) in [6.07, 6.45) is 5.42. The molecular formula is C20H29N3O2. The van der Waals surface area contributed by atoms with E-state index in [1.165, 1.54) is 5.56 Å². The Morgan fingerprint density at radius 1 is 0.960 bits per heavy atom. The second-order valence-electron chi connectivity index (χ2n) is 7.05. The number of nitrogens with zero attached hydrogens (tertiary/aromatic N) is 2. The Kier molecular flexibility index (Phi) is 6.45. The van der Waals surface area contributed by atoms with Crippen LogP contribution in [0.15, 0.2) is 30.3 Å². The number of hydrogen-bond donors (Lipinski definition) is 1. The van der Waals surface area contributed by atoms with Crippen LogP contribution >= 0.6 is 0 Å². The third-order valence-corrected chi connectivity index (χ3v) is 5.24. The summed E-state index contributed by atoms with van der Waals surface area (Å²) in [5, 5.41) is 3.34. The molecule has 0 spiro atoms. The second kappa shape index (κ2) is 8.99. The zero-order valence-electron chi connectivity index (χ0n) is 15.0. The fourth-order valence-corrected chi connectivity index (χ4v) is 3.72. The topological polar surface area (TPSA) is 52.7 Å². The first-order valence-electron chi connectivity index (χ1n) is 9.58. The van der Waals surface area contributed by atoms with Crippen molar-refractivity contribution in [3.63, 3.8) is 0 Å². The summed E-state index contributed by atoms with van der Waals surface area (Å²) < 4.78 is 0. The van der Waals surface area contributed by atoms with Crippen LogP contribution in [-0.4, -0.2) is 60.4 Å². The minimum atomic E-state index is -0.0194. The zero-order chi connectivity index (χ0) is 17.5. The maximum atomic E-state index is 12.7. The van der Waals surface area contributed by atoms with Gasteiger partial charge in [-0.15, -0.1) is 0 Å². The molecule has 25 heavy (non-hydrogen) atoms. The van der Waals surface area contributed by atoms with E-state index in [-0.39, 0.29) is 17.9 Å². The van der Waals surface area contributed by atoms with Gasteiger partial charge in [-0.2, -0.15) is 0 Å². The van der Waals surface area contributed by atoms with Crippen molar-refractivity contribution in [2.24, 2.45) is 0 Å². The fourth-order valence-electron chi connectivity index (χ4n) is 3.72. The molecule has 2 saturated heterocycles. The van der Waals surface area contributed by atoms with Crippen LogP contribution in [0.1, 0.15) is 37.7 Å². The van der Waals surface area contributed by atoms with Gasteiger partial charge in [0.15, 0.2) is 0 Å². The van der Waals surface area contributed by atoms with Crippen molar-refractivity contribution in [1.29, 1.82) is 0 Å². The number of nitrogens with one attached hydrogen (secondary N) is 1. The molecule has 2 aliphatic rings. The molecule has 0 bridgehead atoms. The molecule has 1 aromatic rings. The van der Waals surface area contributed by atoms with Gasteiger partial charge in [-0.25, -0.2) is 0 Å². The molecule has 0 aromatic heterocycles. The standard InChI is InChI=1S/C20H29N3O2/c24-19(11-10-17-7-2-1-3-8-17)22-13-6-14-23(16-15-22)20(25)18-9-4-5-12-21-18/h1-3,7-8,18,21H,4-6,9-16H2. The van der Waals surface area contributed by atoms with Crippen LogP contribution < -0.4 is 5.32 Å². The number of rotatable bonds is 4. The maximum absolute atomic E-state index is 12.7. The normalized spacial score (nSPS) is 21.7. The van der Waals surface area contributed by atoms with E-state index in [1.807, 2.05) is 28.0 Å². The van der Waals surface area contributed by atoms with E-state index in [1.54, 1.807) is 0 Å². The van der Waals surface area contributed by atoms with Crippen LogP contribution in [0, 0.1) is 0 Å². The molecular weight excluding hydrogens is 314 g/mol. The minimum Gasteiger partial charge on any atom is -0.341 e. The van der Waals surface area contributed by atoms with Crippen LogP contribution in [-0.2, 0) is 16.0 Å². The van der Waals surface area contributed by atoms with E-state index in [2.05, 4.69) is 17.4 Å². The van der Waals surface area contributed by atoms with Crippen LogP contribution in [0.3, 0.4) is 0 Å². The zero-order valence-corrected chi connectivity index (χ0v) is 15.0. The Balaban J connectivity index is 1.47. The predicted octanol–water partition coefficient (Wildman–Crippen LogP) is 1.82. The quantitative estimate of drug-likeness (QED) is 0.907. The SMILES string of the molecule is O=C(CCc1ccccc1)N1CCCN(C(=O)C2CCCCN2)CC1. The number of hydrogen-bond acceptors (Lipinski definition) is 3. The average Bonchev–Trinajstić information content (AvgIpc) is 2.93. The first-order chi connectivity index (χ1) is 12.2. The Hall–Kier alpha value is -1.88. The molecule has 2 aliphatic heterocycles. The van der Waals surface area contributed by atoms with Crippen molar-refractivity contribution in [3.05, 3.63) is 35.9 Å². The Labute approximate surface area is 150 Å². The van der Waals surface area contributed by atoms with E-state index in [4.69, 9.17) is 0 Å². The Bertz CT molecular complexity index is 570. The van der Waals surface area contributed by atoms with Gasteiger partial charge in [0.1, 0.15) is 0 Å². The Morgan fingerprint density at radius 3 is 2.48 bits per heavy atom. The molecule has 5 heteroatoms. The number of amides is 2. The summed E-state index contributed by atoms with van der Waals surface area (Å²) in [4.78, 5) is 29.1. The lowest BCUT2D eigenvalue weighted by Crippen LogP contribution is -2.49. The highest BCUT2D eigenvalue weighted by Crippen LogP contribution is 2.13. The number of benzene rings is 1. The summed E-state index contributed by atoms with van der Waals surface area (Å²) in [6.45, 7) is 3.78. The molecule has 2 amide bonds. The molecule has 1 atom stereocenters. The van der Waals surface area contributed by atoms with E-state index < -0.39 is 0 Å². The number of aryl methyl sites for hydroxylation is 1. The smallest absolute Gasteiger partial charge is 0.239 e. The fraction of sp³-hybridized carbons (Fsp3) is 0.600. The van der Waals surface area contributed by atoms with Crippen LogP contribution in [0.2, 0.25) is 0 Å². The molecule has 0 radical (unpaired) electrons. The molecule has 136 valence electrons. The molecule has 1 aromatic carbocycles. The monoisotopic (exact) mass is 343 g/mol. The van der Waals surface area contributed by atoms with Crippen molar-refractivity contribution in [2.75, 3.05) is 32.7 Å². The molecule has 0 saturated carbocycles. The van der Waals surface area contributed by atoms with Gasteiger partial charge < -0.3 is 15.1 Å². The van der Waals surface area contributed by atoms with Crippen LogP contribution in [0.25, 0.3) is 0 Å². The first kappa shape index (κ1) is 17.9. The summed E-state index contributed by atoms with van der Waals surface area (Å²) >= 11 is 0. The molecule has 2 fully saturated rings. The van der Waals surface area contributed by atoms with Gasteiger partial charge in [0, 0.05) is 32.6 Å². The Morgan fingerprint density at radius 2 is 1.72 bits per heavy atom. The maximum Gasteiger partial charge on any atom is 0.239 e. The van der Waals surface area contributed by atoms with Crippen LogP contribution in [0.4, 0.5) is 0 Å². The van der Waals surface area contributed by atoms with Crippen LogP contribution in [0.5, 0.6) is 0 Å². The highest BCUT2D eigenvalue weighted by molar-refractivity contribution is 5.82. The molecule has 3 rings (SSSR count). The summed E-state index contributed by atoms with van der Waals surface area (Å²) in [5.74, 6) is 0.423. The third-order valence-electron chi connectivity index (χ3n) is 5.24. The average molecular weight is 343 g/mol.